The van der Waals surface area contributed by atoms with Crippen LogP contribution >= 0.6 is 0 Å². The van der Waals surface area contributed by atoms with E-state index in [1.807, 2.05) is 37.3 Å². The molecule has 0 saturated carbocycles. The van der Waals surface area contributed by atoms with Crippen LogP contribution in [-0.2, 0) is 21.2 Å². The Labute approximate surface area is 148 Å². The maximum Gasteiger partial charge on any atom is 0.241 e. The van der Waals surface area contributed by atoms with Gasteiger partial charge in [-0.15, -0.1) is 0 Å². The fraction of sp³-hybridized carbons (Fsp3) is 0.316. The summed E-state index contributed by atoms with van der Waals surface area (Å²) in [7, 11) is -3.63. The first-order chi connectivity index (χ1) is 11.9. The summed E-state index contributed by atoms with van der Waals surface area (Å²) in [5, 5.41) is 0. The molecular formula is C19H22N2O3S. The summed E-state index contributed by atoms with van der Waals surface area (Å²) in [6, 6.07) is 14.3. The Morgan fingerprint density at radius 3 is 2.56 bits per heavy atom. The lowest BCUT2D eigenvalue weighted by molar-refractivity contribution is -0.116. The van der Waals surface area contributed by atoms with Crippen molar-refractivity contribution in [3.05, 3.63) is 59.7 Å². The zero-order chi connectivity index (χ0) is 18.0. The van der Waals surface area contributed by atoms with Crippen LogP contribution in [0.5, 0.6) is 0 Å². The number of hydrogen-bond donors (Lipinski definition) is 1. The molecule has 1 heterocycles. The highest BCUT2D eigenvalue weighted by Crippen LogP contribution is 2.30. The Hall–Kier alpha value is -2.18. The van der Waals surface area contributed by atoms with Crippen LogP contribution in [0.25, 0.3) is 0 Å². The number of fused-ring (bicyclic) bond motifs is 1. The molecule has 0 spiro atoms. The number of anilines is 1. The molecule has 0 aromatic heterocycles. The van der Waals surface area contributed by atoms with E-state index in [9.17, 15) is 13.2 Å². The maximum absolute atomic E-state index is 12.8. The number of carbonyl (C=O) groups is 1. The molecule has 3 rings (SSSR count). The van der Waals surface area contributed by atoms with E-state index in [-0.39, 0.29) is 16.8 Å². The molecule has 2 aromatic carbocycles. The number of nitrogens with one attached hydrogen (secondary N) is 1. The minimum atomic E-state index is -3.63. The highest BCUT2D eigenvalue weighted by atomic mass is 32.2. The van der Waals surface area contributed by atoms with Gasteiger partial charge in [0.25, 0.3) is 0 Å². The standard InChI is InChI=1S/C19H22N2O3S/c1-3-18(15-7-5-4-6-8-15)20-25(23,24)17-9-10-19-16(13-17)11-12-21(19)14(2)22/h4-10,13,18,20H,3,11-12H2,1-2H3. The van der Waals surface area contributed by atoms with Crippen LogP contribution in [0, 0.1) is 0 Å². The first-order valence-electron chi connectivity index (χ1n) is 8.40. The molecule has 25 heavy (non-hydrogen) atoms. The van der Waals surface area contributed by atoms with Crippen molar-refractivity contribution in [2.24, 2.45) is 0 Å². The Bertz CT molecular complexity index is 879. The van der Waals surface area contributed by atoms with Crippen LogP contribution in [0.4, 0.5) is 5.69 Å². The van der Waals surface area contributed by atoms with Crippen molar-refractivity contribution < 1.29 is 13.2 Å². The van der Waals surface area contributed by atoms with Crippen LogP contribution in [0.2, 0.25) is 0 Å². The number of sulfonamides is 1. The summed E-state index contributed by atoms with van der Waals surface area (Å²) in [5.41, 5.74) is 2.64. The quantitative estimate of drug-likeness (QED) is 0.893. The molecule has 6 heteroatoms. The first kappa shape index (κ1) is 17.6. The normalized spacial score (nSPS) is 15.0. The lowest BCUT2D eigenvalue weighted by Crippen LogP contribution is -2.28. The van der Waals surface area contributed by atoms with E-state index in [0.717, 1.165) is 16.8 Å². The van der Waals surface area contributed by atoms with Gasteiger partial charge < -0.3 is 4.90 Å². The molecule has 1 amide bonds. The van der Waals surface area contributed by atoms with Crippen molar-refractivity contribution in [3.63, 3.8) is 0 Å². The molecular weight excluding hydrogens is 336 g/mol. The monoisotopic (exact) mass is 358 g/mol. The van der Waals surface area contributed by atoms with Crippen LogP contribution in [-0.4, -0.2) is 20.9 Å². The predicted octanol–water partition coefficient (Wildman–Crippen LogP) is 3.03. The maximum atomic E-state index is 12.8. The van der Waals surface area contributed by atoms with Crippen molar-refractivity contribution in [3.8, 4) is 0 Å². The van der Waals surface area contributed by atoms with Gasteiger partial charge in [-0.1, -0.05) is 37.3 Å². The summed E-state index contributed by atoms with van der Waals surface area (Å²) < 4.78 is 28.4. The second-order valence-corrected chi connectivity index (χ2v) is 7.92. The summed E-state index contributed by atoms with van der Waals surface area (Å²) in [6.07, 6.45) is 1.33. The van der Waals surface area contributed by atoms with Gasteiger partial charge in [0.05, 0.1) is 4.90 Å². The van der Waals surface area contributed by atoms with Gasteiger partial charge in [-0.3, -0.25) is 4.79 Å². The van der Waals surface area contributed by atoms with Gasteiger partial charge in [0.15, 0.2) is 0 Å². The summed E-state index contributed by atoms with van der Waals surface area (Å²) in [5.74, 6) is -0.0254. The second kappa shape index (κ2) is 6.98. The number of rotatable bonds is 5. The van der Waals surface area contributed by atoms with Crippen LogP contribution in [0.15, 0.2) is 53.4 Å². The Kier molecular flexibility index (Phi) is 4.92. The number of nitrogens with zero attached hydrogens (tertiary/aromatic N) is 1. The fourth-order valence-corrected chi connectivity index (χ4v) is 4.56. The predicted molar refractivity (Wildman–Crippen MR) is 98.0 cm³/mol. The minimum absolute atomic E-state index is 0.0254. The fourth-order valence-electron chi connectivity index (χ4n) is 3.20. The van der Waals surface area contributed by atoms with E-state index in [1.165, 1.54) is 6.92 Å². The van der Waals surface area contributed by atoms with Gasteiger partial charge >= 0.3 is 0 Å². The van der Waals surface area contributed by atoms with E-state index in [4.69, 9.17) is 0 Å². The molecule has 0 fully saturated rings. The zero-order valence-corrected chi connectivity index (χ0v) is 15.2. The van der Waals surface area contributed by atoms with Crippen molar-refractivity contribution in [2.75, 3.05) is 11.4 Å². The molecule has 0 aliphatic carbocycles. The van der Waals surface area contributed by atoms with Gasteiger partial charge in [-0.25, -0.2) is 13.1 Å². The molecule has 0 saturated heterocycles. The van der Waals surface area contributed by atoms with Gasteiger partial charge in [0, 0.05) is 25.2 Å². The van der Waals surface area contributed by atoms with Crippen LogP contribution < -0.4 is 9.62 Å². The van der Waals surface area contributed by atoms with Crippen LogP contribution in [0.1, 0.15) is 37.4 Å². The van der Waals surface area contributed by atoms with Gasteiger partial charge in [0.2, 0.25) is 15.9 Å². The highest BCUT2D eigenvalue weighted by Gasteiger charge is 2.26. The molecule has 0 bridgehead atoms. The number of amides is 1. The Morgan fingerprint density at radius 1 is 1.20 bits per heavy atom. The number of carbonyl (C=O) groups excluding carboxylic acids is 1. The largest absolute Gasteiger partial charge is 0.312 e. The van der Waals surface area contributed by atoms with Crippen LogP contribution in [0.3, 0.4) is 0 Å². The van der Waals surface area contributed by atoms with Crippen molar-refractivity contribution in [1.82, 2.24) is 4.72 Å². The van der Waals surface area contributed by atoms with Crippen molar-refractivity contribution >= 4 is 21.6 Å². The third-order valence-electron chi connectivity index (χ3n) is 4.54. The van der Waals surface area contributed by atoms with Crippen molar-refractivity contribution in [2.45, 2.75) is 37.6 Å². The van der Waals surface area contributed by atoms with Crippen molar-refractivity contribution in [1.29, 1.82) is 0 Å². The van der Waals surface area contributed by atoms with E-state index in [2.05, 4.69) is 4.72 Å². The Balaban J connectivity index is 1.87. The summed E-state index contributed by atoms with van der Waals surface area (Å²) >= 11 is 0. The van der Waals surface area contributed by atoms with Gasteiger partial charge in [0.1, 0.15) is 0 Å². The van der Waals surface area contributed by atoms with E-state index < -0.39 is 10.0 Å². The molecule has 1 N–H and O–H groups in total. The summed E-state index contributed by atoms with van der Waals surface area (Å²) in [6.45, 7) is 4.07. The average molecular weight is 358 g/mol. The molecule has 1 unspecified atom stereocenters. The molecule has 132 valence electrons. The molecule has 5 nitrogen and oxygen atoms in total. The smallest absolute Gasteiger partial charge is 0.241 e. The van der Waals surface area contributed by atoms with E-state index >= 15 is 0 Å². The van der Waals surface area contributed by atoms with E-state index in [1.54, 1.807) is 23.1 Å². The topological polar surface area (TPSA) is 66.5 Å². The minimum Gasteiger partial charge on any atom is -0.312 e. The lowest BCUT2D eigenvalue weighted by atomic mass is 10.1. The molecule has 2 aromatic rings. The second-order valence-electron chi connectivity index (χ2n) is 6.20. The van der Waals surface area contributed by atoms with Gasteiger partial charge in [-0.05, 0) is 42.2 Å². The summed E-state index contributed by atoms with van der Waals surface area (Å²) in [4.78, 5) is 13.5. The number of hydrogen-bond acceptors (Lipinski definition) is 3. The Morgan fingerprint density at radius 2 is 1.92 bits per heavy atom. The molecule has 1 atom stereocenters. The molecule has 1 aliphatic rings. The zero-order valence-electron chi connectivity index (χ0n) is 14.4. The third kappa shape index (κ3) is 3.60. The number of benzene rings is 2. The van der Waals surface area contributed by atoms with Gasteiger partial charge in [-0.2, -0.15) is 0 Å². The first-order valence-corrected chi connectivity index (χ1v) is 9.89. The lowest BCUT2D eigenvalue weighted by Gasteiger charge is -2.18. The highest BCUT2D eigenvalue weighted by molar-refractivity contribution is 7.89. The third-order valence-corrected chi connectivity index (χ3v) is 6.01. The molecule has 1 aliphatic heterocycles. The molecule has 0 radical (unpaired) electrons. The SMILES string of the molecule is CCC(NS(=O)(=O)c1ccc2c(c1)CCN2C(C)=O)c1ccccc1. The average Bonchev–Trinajstić information content (AvgIpc) is 3.04. The van der Waals surface area contributed by atoms with E-state index in [0.29, 0.717) is 19.4 Å².